The predicted octanol–water partition coefficient (Wildman–Crippen LogP) is 4.68. The molecular formula is C15H21BrFNO2. The van der Waals surface area contributed by atoms with Crippen LogP contribution in [0.3, 0.4) is 0 Å². The molecule has 0 saturated heterocycles. The maximum atomic E-state index is 14.8. The molecule has 1 unspecified atom stereocenters. The summed E-state index contributed by atoms with van der Waals surface area (Å²) in [6.45, 7) is 5.45. The van der Waals surface area contributed by atoms with E-state index in [1.54, 1.807) is 12.1 Å². The van der Waals surface area contributed by atoms with Crippen molar-refractivity contribution in [3.8, 4) is 0 Å². The number of hydrogen-bond donors (Lipinski definition) is 1. The van der Waals surface area contributed by atoms with Crippen molar-refractivity contribution < 1.29 is 13.9 Å². The van der Waals surface area contributed by atoms with Crippen LogP contribution in [-0.4, -0.2) is 11.6 Å². The van der Waals surface area contributed by atoms with Gasteiger partial charge in [0.2, 0.25) is 0 Å². The lowest BCUT2D eigenvalue weighted by atomic mass is 10.1. The summed E-state index contributed by atoms with van der Waals surface area (Å²) in [5, 5.41) is 2.60. The molecule has 112 valence electrons. The van der Waals surface area contributed by atoms with E-state index in [9.17, 15) is 9.18 Å². The Morgan fingerprint density at radius 2 is 2.10 bits per heavy atom. The Morgan fingerprint density at radius 1 is 1.45 bits per heavy atom. The second-order valence-corrected chi connectivity index (χ2v) is 6.71. The maximum absolute atomic E-state index is 14.8. The number of benzene rings is 1. The molecule has 1 aliphatic rings. The van der Waals surface area contributed by atoms with Crippen LogP contribution in [0.5, 0.6) is 0 Å². The third kappa shape index (κ3) is 3.72. The molecular weight excluding hydrogens is 325 g/mol. The van der Waals surface area contributed by atoms with Crippen molar-refractivity contribution in [2.24, 2.45) is 0 Å². The molecule has 0 spiro atoms. The van der Waals surface area contributed by atoms with Crippen molar-refractivity contribution in [1.29, 1.82) is 0 Å². The van der Waals surface area contributed by atoms with Crippen LogP contribution in [0.15, 0.2) is 22.7 Å². The lowest BCUT2D eigenvalue weighted by molar-refractivity contribution is -0.101. The summed E-state index contributed by atoms with van der Waals surface area (Å²) in [4.78, 5) is 11.7. The van der Waals surface area contributed by atoms with Gasteiger partial charge in [-0.15, -0.1) is 0 Å². The minimum absolute atomic E-state index is 0. The number of halogens is 2. The number of hydrogen-bond acceptors (Lipinski definition) is 2. The number of rotatable bonds is 1. The van der Waals surface area contributed by atoms with E-state index in [2.05, 4.69) is 21.2 Å². The normalized spacial score (nSPS) is 20.9. The molecule has 1 amide bonds. The number of alkyl halides is 1. The van der Waals surface area contributed by atoms with E-state index < -0.39 is 17.5 Å². The number of carbonyl (C=O) groups excluding carboxylic acids is 1. The van der Waals surface area contributed by atoms with Crippen molar-refractivity contribution in [3.05, 3.63) is 33.8 Å². The zero-order valence-electron chi connectivity index (χ0n) is 11.2. The molecule has 1 aliphatic carbocycles. The average molecular weight is 346 g/mol. The molecule has 3 nitrogen and oxygen atoms in total. The highest BCUT2D eigenvalue weighted by atomic mass is 79.9. The molecule has 0 bridgehead atoms. The summed E-state index contributed by atoms with van der Waals surface area (Å²) in [5.74, 6) is -2.02. The van der Waals surface area contributed by atoms with Gasteiger partial charge in [-0.3, -0.25) is 0 Å². The van der Waals surface area contributed by atoms with Gasteiger partial charge < -0.3 is 10.1 Å². The van der Waals surface area contributed by atoms with E-state index >= 15 is 0 Å². The van der Waals surface area contributed by atoms with Gasteiger partial charge >= 0.3 is 6.09 Å². The van der Waals surface area contributed by atoms with Crippen molar-refractivity contribution in [2.45, 2.75) is 52.4 Å². The topological polar surface area (TPSA) is 38.3 Å². The van der Waals surface area contributed by atoms with Gasteiger partial charge in [-0.25, -0.2) is 4.79 Å². The van der Waals surface area contributed by atoms with Crippen LogP contribution < -0.4 is 5.32 Å². The fourth-order valence-corrected chi connectivity index (χ4v) is 2.56. The molecule has 0 radical (unpaired) electrons. The summed E-state index contributed by atoms with van der Waals surface area (Å²) < 4.78 is 20.7. The van der Waals surface area contributed by atoms with Crippen LogP contribution in [0, 0.1) is 0 Å². The van der Waals surface area contributed by atoms with E-state index in [-0.39, 0.29) is 13.8 Å². The van der Waals surface area contributed by atoms with Crippen LogP contribution in [0.25, 0.3) is 0 Å². The van der Waals surface area contributed by atoms with Crippen molar-refractivity contribution >= 4 is 22.0 Å². The molecule has 1 aromatic rings. The van der Waals surface area contributed by atoms with E-state index in [1.165, 1.54) is 0 Å². The molecule has 0 fully saturated rings. The molecule has 1 aromatic carbocycles. The highest BCUT2D eigenvalue weighted by Crippen LogP contribution is 2.42. The lowest BCUT2D eigenvalue weighted by Gasteiger charge is -2.25. The quantitative estimate of drug-likeness (QED) is 0.802. The Morgan fingerprint density at radius 3 is 2.70 bits per heavy atom. The highest BCUT2D eigenvalue weighted by molar-refractivity contribution is 9.10. The predicted molar refractivity (Wildman–Crippen MR) is 81.3 cm³/mol. The van der Waals surface area contributed by atoms with Crippen LogP contribution in [0.4, 0.5) is 9.18 Å². The van der Waals surface area contributed by atoms with Gasteiger partial charge in [-0.2, -0.15) is 4.39 Å². The fourth-order valence-electron chi connectivity index (χ4n) is 2.15. The molecule has 2 rings (SSSR count). The summed E-state index contributed by atoms with van der Waals surface area (Å²) in [5.41, 5.74) is 0.870. The number of amides is 1. The smallest absolute Gasteiger partial charge is 0.408 e. The Hall–Kier alpha value is -1.10. The maximum Gasteiger partial charge on any atom is 0.410 e. The van der Waals surface area contributed by atoms with Gasteiger partial charge in [0.15, 0.2) is 0 Å². The van der Waals surface area contributed by atoms with E-state index in [0.717, 1.165) is 10.0 Å². The fraction of sp³-hybridized carbons (Fsp3) is 0.533. The molecule has 1 atom stereocenters. The molecule has 0 saturated carbocycles. The van der Waals surface area contributed by atoms with Crippen LogP contribution in [0.2, 0.25) is 0 Å². The van der Waals surface area contributed by atoms with Gasteiger partial charge in [0.25, 0.3) is 5.85 Å². The SMILES string of the molecule is C.CC(C)(C)NC(=O)OC1(F)CCc2cc(Br)ccc21. The Bertz CT molecular complexity index is 513. The van der Waals surface area contributed by atoms with Crippen molar-refractivity contribution in [1.82, 2.24) is 5.32 Å². The molecule has 0 aliphatic heterocycles. The lowest BCUT2D eigenvalue weighted by Crippen LogP contribution is -2.43. The molecule has 20 heavy (non-hydrogen) atoms. The van der Waals surface area contributed by atoms with E-state index in [1.807, 2.05) is 26.8 Å². The standard InChI is InChI=1S/C14H17BrFNO2.CH4/c1-13(2,3)17-12(18)19-14(16)7-6-9-8-10(15)4-5-11(9)14;/h4-5,8H,6-7H2,1-3H3,(H,17,18);1H4. The Balaban J connectivity index is 0.00000200. The summed E-state index contributed by atoms with van der Waals surface area (Å²) in [7, 11) is 0. The first kappa shape index (κ1) is 17.0. The second kappa shape index (κ2) is 5.72. The van der Waals surface area contributed by atoms with Gasteiger partial charge in [0, 0.05) is 22.0 Å². The van der Waals surface area contributed by atoms with E-state index in [4.69, 9.17) is 4.74 Å². The molecule has 0 aromatic heterocycles. The number of ether oxygens (including phenoxy) is 1. The van der Waals surface area contributed by atoms with Crippen molar-refractivity contribution in [2.75, 3.05) is 0 Å². The Kier molecular flexibility index (Phi) is 4.85. The first-order chi connectivity index (χ1) is 8.70. The molecule has 0 heterocycles. The zero-order valence-corrected chi connectivity index (χ0v) is 12.8. The van der Waals surface area contributed by atoms with Gasteiger partial charge in [0.05, 0.1) is 0 Å². The molecule has 5 heteroatoms. The summed E-state index contributed by atoms with van der Waals surface area (Å²) in [6.07, 6.45) is -0.00416. The van der Waals surface area contributed by atoms with Crippen LogP contribution in [0.1, 0.15) is 45.7 Å². The number of nitrogens with one attached hydrogen (secondary N) is 1. The van der Waals surface area contributed by atoms with Crippen LogP contribution in [-0.2, 0) is 17.0 Å². The summed E-state index contributed by atoms with van der Waals surface area (Å²) in [6, 6.07) is 5.28. The summed E-state index contributed by atoms with van der Waals surface area (Å²) >= 11 is 3.35. The van der Waals surface area contributed by atoms with Gasteiger partial charge in [-0.1, -0.05) is 29.4 Å². The van der Waals surface area contributed by atoms with Gasteiger partial charge in [-0.05, 0) is 44.9 Å². The highest BCUT2D eigenvalue weighted by Gasteiger charge is 2.43. The number of alkyl carbamates (subject to hydrolysis) is 1. The monoisotopic (exact) mass is 345 g/mol. The minimum atomic E-state index is -2.02. The first-order valence-electron chi connectivity index (χ1n) is 6.19. The van der Waals surface area contributed by atoms with Crippen molar-refractivity contribution in [3.63, 3.8) is 0 Å². The van der Waals surface area contributed by atoms with Gasteiger partial charge in [0.1, 0.15) is 0 Å². The third-order valence-corrected chi connectivity index (χ3v) is 3.41. The number of carbonyl (C=O) groups is 1. The number of aryl methyl sites for hydroxylation is 1. The largest absolute Gasteiger partial charge is 0.410 e. The van der Waals surface area contributed by atoms with E-state index in [0.29, 0.717) is 12.0 Å². The first-order valence-corrected chi connectivity index (χ1v) is 6.98. The third-order valence-electron chi connectivity index (χ3n) is 2.92. The Labute approximate surface area is 128 Å². The second-order valence-electron chi connectivity index (χ2n) is 5.79. The number of fused-ring (bicyclic) bond motifs is 1. The minimum Gasteiger partial charge on any atom is -0.408 e. The molecule has 1 N–H and O–H groups in total. The zero-order chi connectivity index (χ0) is 14.3. The average Bonchev–Trinajstić information content (AvgIpc) is 2.52. The van der Waals surface area contributed by atoms with Crippen LogP contribution >= 0.6 is 15.9 Å².